The van der Waals surface area contributed by atoms with Gasteiger partial charge in [-0.1, -0.05) is 79.2 Å². The van der Waals surface area contributed by atoms with E-state index in [1.165, 1.54) is 11.1 Å². The number of nitrogens with one attached hydrogen (secondary N) is 1. The number of hydrogen-bond acceptors (Lipinski definition) is 3. The first-order chi connectivity index (χ1) is 16.5. The van der Waals surface area contributed by atoms with Crippen molar-refractivity contribution in [3.8, 4) is 0 Å². The minimum atomic E-state index is -3.43. The fraction of sp³-hybridized carbons (Fsp3) is 0.321. The Kier molecular flexibility index (Phi) is 8.14. The second-order valence-corrected chi connectivity index (χ2v) is 10.7. The molecule has 0 bridgehead atoms. The molecule has 1 N–H and O–H groups in total. The van der Waals surface area contributed by atoms with E-state index in [2.05, 4.69) is 29.6 Å². The van der Waals surface area contributed by atoms with Crippen LogP contribution in [0.15, 0.2) is 89.8 Å². The third-order valence-electron chi connectivity index (χ3n) is 6.42. The van der Waals surface area contributed by atoms with Crippen LogP contribution in [0.2, 0.25) is 0 Å². The largest absolute Gasteiger partial charge is 0.355 e. The van der Waals surface area contributed by atoms with Crippen molar-refractivity contribution in [3.05, 3.63) is 102 Å². The number of carbonyl (C=O) groups is 1. The molecule has 0 spiro atoms. The molecule has 0 aliphatic carbocycles. The van der Waals surface area contributed by atoms with Crippen LogP contribution in [-0.2, 0) is 21.2 Å². The SMILES string of the molecule is O=C(CCc1ccc(S(=O)(=O)N2CCCCC2)cc1)NCC(c1ccccc1)c1ccccc1. The van der Waals surface area contributed by atoms with Crippen LogP contribution in [0.5, 0.6) is 0 Å². The normalized spacial score (nSPS) is 14.7. The molecule has 0 unspecified atom stereocenters. The van der Waals surface area contributed by atoms with Gasteiger partial charge in [0.05, 0.1) is 4.90 Å². The first kappa shape index (κ1) is 24.2. The maximum absolute atomic E-state index is 12.8. The molecule has 6 heteroatoms. The number of rotatable bonds is 9. The molecule has 1 heterocycles. The van der Waals surface area contributed by atoms with E-state index < -0.39 is 10.0 Å². The van der Waals surface area contributed by atoms with Gasteiger partial charge in [0, 0.05) is 32.0 Å². The van der Waals surface area contributed by atoms with Crippen molar-refractivity contribution in [3.63, 3.8) is 0 Å². The number of hydrogen-bond donors (Lipinski definition) is 1. The highest BCUT2D eigenvalue weighted by Crippen LogP contribution is 2.24. The van der Waals surface area contributed by atoms with Crippen LogP contribution in [-0.4, -0.2) is 38.3 Å². The van der Waals surface area contributed by atoms with E-state index in [0.29, 0.717) is 37.4 Å². The number of sulfonamides is 1. The topological polar surface area (TPSA) is 66.5 Å². The average Bonchev–Trinajstić information content (AvgIpc) is 2.89. The molecule has 1 aliphatic heterocycles. The molecule has 1 amide bonds. The molecule has 0 aromatic heterocycles. The summed E-state index contributed by atoms with van der Waals surface area (Å²) in [5.41, 5.74) is 3.29. The van der Waals surface area contributed by atoms with E-state index in [1.54, 1.807) is 16.4 Å². The zero-order valence-electron chi connectivity index (χ0n) is 19.4. The van der Waals surface area contributed by atoms with Crippen LogP contribution in [0.4, 0.5) is 0 Å². The number of aryl methyl sites for hydroxylation is 1. The van der Waals surface area contributed by atoms with Crippen molar-refractivity contribution in [2.45, 2.75) is 42.9 Å². The molecule has 5 nitrogen and oxygen atoms in total. The minimum Gasteiger partial charge on any atom is -0.355 e. The van der Waals surface area contributed by atoms with Crippen molar-refractivity contribution in [2.75, 3.05) is 19.6 Å². The van der Waals surface area contributed by atoms with Gasteiger partial charge in [0.15, 0.2) is 0 Å². The molecule has 0 atom stereocenters. The van der Waals surface area contributed by atoms with Gasteiger partial charge in [0.25, 0.3) is 0 Å². The van der Waals surface area contributed by atoms with Crippen LogP contribution < -0.4 is 5.32 Å². The van der Waals surface area contributed by atoms with E-state index >= 15 is 0 Å². The maximum atomic E-state index is 12.8. The molecule has 178 valence electrons. The van der Waals surface area contributed by atoms with Gasteiger partial charge < -0.3 is 5.32 Å². The van der Waals surface area contributed by atoms with Crippen molar-refractivity contribution in [1.82, 2.24) is 9.62 Å². The lowest BCUT2D eigenvalue weighted by molar-refractivity contribution is -0.121. The van der Waals surface area contributed by atoms with Crippen LogP contribution in [0.25, 0.3) is 0 Å². The zero-order chi connectivity index (χ0) is 23.8. The van der Waals surface area contributed by atoms with Crippen LogP contribution >= 0.6 is 0 Å². The number of amides is 1. The zero-order valence-corrected chi connectivity index (χ0v) is 20.2. The van der Waals surface area contributed by atoms with Crippen molar-refractivity contribution >= 4 is 15.9 Å². The van der Waals surface area contributed by atoms with Crippen LogP contribution in [0.3, 0.4) is 0 Å². The van der Waals surface area contributed by atoms with Gasteiger partial charge in [-0.2, -0.15) is 4.31 Å². The smallest absolute Gasteiger partial charge is 0.243 e. The molecule has 0 saturated carbocycles. The summed E-state index contributed by atoms with van der Waals surface area (Å²) >= 11 is 0. The number of piperidine rings is 1. The molecule has 34 heavy (non-hydrogen) atoms. The van der Waals surface area contributed by atoms with Gasteiger partial charge in [-0.05, 0) is 48.1 Å². The molecule has 1 saturated heterocycles. The van der Waals surface area contributed by atoms with E-state index in [-0.39, 0.29) is 11.8 Å². The fourth-order valence-electron chi connectivity index (χ4n) is 4.44. The van der Waals surface area contributed by atoms with Crippen molar-refractivity contribution < 1.29 is 13.2 Å². The Hall–Kier alpha value is -2.96. The monoisotopic (exact) mass is 476 g/mol. The van der Waals surface area contributed by atoms with Gasteiger partial charge in [0.2, 0.25) is 15.9 Å². The van der Waals surface area contributed by atoms with E-state index in [9.17, 15) is 13.2 Å². The summed E-state index contributed by atoms with van der Waals surface area (Å²) in [5.74, 6) is 0.0764. The lowest BCUT2D eigenvalue weighted by Crippen LogP contribution is -2.35. The highest BCUT2D eigenvalue weighted by atomic mass is 32.2. The Labute approximate surface area is 202 Å². The summed E-state index contributed by atoms with van der Waals surface area (Å²) in [6.45, 7) is 1.72. The van der Waals surface area contributed by atoms with Crippen molar-refractivity contribution in [2.24, 2.45) is 0 Å². The summed E-state index contributed by atoms with van der Waals surface area (Å²) in [6, 6.07) is 27.4. The number of nitrogens with zero attached hydrogens (tertiary/aromatic N) is 1. The molecule has 3 aromatic rings. The Morgan fingerprint density at radius 3 is 1.91 bits per heavy atom. The second-order valence-electron chi connectivity index (χ2n) is 8.79. The summed E-state index contributed by atoms with van der Waals surface area (Å²) < 4.78 is 27.2. The quantitative estimate of drug-likeness (QED) is 0.485. The molecule has 3 aromatic carbocycles. The first-order valence-corrected chi connectivity index (χ1v) is 13.4. The molecule has 0 radical (unpaired) electrons. The summed E-state index contributed by atoms with van der Waals surface area (Å²) in [5, 5.41) is 3.09. The van der Waals surface area contributed by atoms with Gasteiger partial charge >= 0.3 is 0 Å². The molecular formula is C28H32N2O3S. The third-order valence-corrected chi connectivity index (χ3v) is 8.34. The summed E-state index contributed by atoms with van der Waals surface area (Å²) in [4.78, 5) is 12.9. The highest BCUT2D eigenvalue weighted by Gasteiger charge is 2.25. The third kappa shape index (κ3) is 6.13. The van der Waals surface area contributed by atoms with Gasteiger partial charge in [0.1, 0.15) is 0 Å². The Morgan fingerprint density at radius 2 is 1.35 bits per heavy atom. The van der Waals surface area contributed by atoms with Gasteiger partial charge in [-0.25, -0.2) is 8.42 Å². The summed E-state index contributed by atoms with van der Waals surface area (Å²) in [7, 11) is -3.43. The lowest BCUT2D eigenvalue weighted by Gasteiger charge is -2.25. The predicted molar refractivity (Wildman–Crippen MR) is 135 cm³/mol. The van der Waals surface area contributed by atoms with Gasteiger partial charge in [-0.15, -0.1) is 0 Å². The molecule has 4 rings (SSSR count). The lowest BCUT2D eigenvalue weighted by atomic mass is 9.91. The molecule has 1 aliphatic rings. The average molecular weight is 477 g/mol. The second kappa shape index (κ2) is 11.4. The van der Waals surface area contributed by atoms with E-state index in [0.717, 1.165) is 24.8 Å². The number of carbonyl (C=O) groups excluding carboxylic acids is 1. The number of benzene rings is 3. The Bertz CT molecular complexity index is 1120. The maximum Gasteiger partial charge on any atom is 0.243 e. The fourth-order valence-corrected chi connectivity index (χ4v) is 5.96. The highest BCUT2D eigenvalue weighted by molar-refractivity contribution is 7.89. The van der Waals surface area contributed by atoms with Crippen molar-refractivity contribution in [1.29, 1.82) is 0 Å². The summed E-state index contributed by atoms with van der Waals surface area (Å²) in [6.07, 6.45) is 3.85. The standard InChI is InChI=1S/C28H32N2O3S/c31-28(29-22-27(24-10-4-1-5-11-24)25-12-6-2-7-13-25)19-16-23-14-17-26(18-15-23)34(32,33)30-20-8-3-9-21-30/h1-2,4-7,10-15,17-18,27H,3,8-9,16,19-22H2,(H,29,31). The Morgan fingerprint density at radius 1 is 0.794 bits per heavy atom. The molecule has 1 fully saturated rings. The minimum absolute atomic E-state index is 0.0122. The van der Waals surface area contributed by atoms with Gasteiger partial charge in [-0.3, -0.25) is 4.79 Å². The predicted octanol–water partition coefficient (Wildman–Crippen LogP) is 4.74. The molecular weight excluding hydrogens is 444 g/mol. The Balaban J connectivity index is 1.32. The van der Waals surface area contributed by atoms with Crippen LogP contribution in [0, 0.1) is 0 Å². The van der Waals surface area contributed by atoms with E-state index in [1.807, 2.05) is 48.5 Å². The van der Waals surface area contributed by atoms with E-state index in [4.69, 9.17) is 0 Å². The first-order valence-electron chi connectivity index (χ1n) is 12.0. The van der Waals surface area contributed by atoms with Crippen LogP contribution in [0.1, 0.15) is 48.3 Å².